The second-order valence-corrected chi connectivity index (χ2v) is 5.12. The van der Waals surface area contributed by atoms with Crippen LogP contribution in [0.1, 0.15) is 12.5 Å². The Balaban J connectivity index is 2.16. The number of benzene rings is 1. The van der Waals surface area contributed by atoms with Crippen LogP contribution in [0.5, 0.6) is 0 Å². The summed E-state index contributed by atoms with van der Waals surface area (Å²) in [5, 5.41) is 7.11. The van der Waals surface area contributed by atoms with E-state index in [0.717, 1.165) is 23.9 Å². The Labute approximate surface area is 105 Å². The van der Waals surface area contributed by atoms with Crippen molar-refractivity contribution >= 4 is 28.5 Å². The largest absolute Gasteiger partial charge is 0.379 e. The van der Waals surface area contributed by atoms with E-state index in [0.29, 0.717) is 0 Å². The number of carbonyl (C=O) groups is 1. The zero-order valence-corrected chi connectivity index (χ0v) is 10.5. The van der Waals surface area contributed by atoms with Gasteiger partial charge in [-0.1, -0.05) is 30.0 Å². The van der Waals surface area contributed by atoms with Gasteiger partial charge in [0.05, 0.1) is 5.75 Å². The minimum atomic E-state index is -0.0153. The molecule has 2 rings (SSSR count). The molecule has 0 aliphatic carbocycles. The molecular formula is C12H15N3OS. The van der Waals surface area contributed by atoms with E-state index in [9.17, 15) is 4.79 Å². The third kappa shape index (κ3) is 2.44. The topological polar surface area (TPSA) is 70.2 Å². The summed E-state index contributed by atoms with van der Waals surface area (Å²) in [6.45, 7) is 2.04. The average molecular weight is 249 g/mol. The van der Waals surface area contributed by atoms with Gasteiger partial charge in [-0.05, 0) is 25.0 Å². The van der Waals surface area contributed by atoms with Crippen LogP contribution in [-0.2, 0) is 11.2 Å². The highest BCUT2D eigenvalue weighted by Gasteiger charge is 2.30. The highest BCUT2D eigenvalue weighted by Crippen LogP contribution is 2.32. The Bertz CT molecular complexity index is 461. The molecule has 1 atom stereocenters. The van der Waals surface area contributed by atoms with E-state index in [-0.39, 0.29) is 22.9 Å². The van der Waals surface area contributed by atoms with Gasteiger partial charge in [-0.2, -0.15) is 0 Å². The van der Waals surface area contributed by atoms with Crippen molar-refractivity contribution in [2.75, 3.05) is 10.7 Å². The third-order valence-corrected chi connectivity index (χ3v) is 3.53. The maximum absolute atomic E-state index is 12.1. The number of anilines is 1. The number of fused-ring (bicyclic) bond motifs is 1. The van der Waals surface area contributed by atoms with E-state index < -0.39 is 0 Å². The van der Waals surface area contributed by atoms with E-state index >= 15 is 0 Å². The number of rotatable bonds is 2. The van der Waals surface area contributed by atoms with Gasteiger partial charge in [-0.25, -0.2) is 0 Å². The van der Waals surface area contributed by atoms with Crippen molar-refractivity contribution in [3.8, 4) is 0 Å². The third-order valence-electron chi connectivity index (χ3n) is 2.83. The van der Waals surface area contributed by atoms with Crippen LogP contribution in [-0.4, -0.2) is 22.9 Å². The van der Waals surface area contributed by atoms with Crippen molar-refractivity contribution in [1.82, 2.24) is 0 Å². The van der Waals surface area contributed by atoms with Gasteiger partial charge in [0.25, 0.3) is 0 Å². The van der Waals surface area contributed by atoms with Gasteiger partial charge in [0, 0.05) is 11.7 Å². The number of para-hydroxylation sites is 1. The molecule has 0 aromatic heterocycles. The van der Waals surface area contributed by atoms with E-state index in [4.69, 9.17) is 11.1 Å². The van der Waals surface area contributed by atoms with Crippen LogP contribution in [0.15, 0.2) is 24.3 Å². The Kier molecular flexibility index (Phi) is 3.38. The number of nitrogens with one attached hydrogen (secondary N) is 1. The maximum Gasteiger partial charge on any atom is 0.237 e. The zero-order chi connectivity index (χ0) is 12.4. The first-order chi connectivity index (χ1) is 8.09. The summed E-state index contributed by atoms with van der Waals surface area (Å²) in [6, 6.07) is 8.14. The number of nitrogens with zero attached hydrogens (tertiary/aromatic N) is 1. The monoisotopic (exact) mass is 249 g/mol. The molecule has 1 aromatic carbocycles. The second-order valence-electron chi connectivity index (χ2n) is 4.10. The SMILES string of the molecule is C[C@H]1Cc2ccccc2N1C(=O)CSC(=N)N. The highest BCUT2D eigenvalue weighted by molar-refractivity contribution is 8.14. The molecule has 1 heterocycles. The lowest BCUT2D eigenvalue weighted by atomic mass is 10.1. The number of carbonyl (C=O) groups excluding carboxylic acids is 1. The molecule has 0 saturated heterocycles. The predicted molar refractivity (Wildman–Crippen MR) is 71.5 cm³/mol. The molecule has 3 N–H and O–H groups in total. The highest BCUT2D eigenvalue weighted by atomic mass is 32.2. The van der Waals surface area contributed by atoms with Gasteiger partial charge in [0.15, 0.2) is 5.17 Å². The van der Waals surface area contributed by atoms with Crippen LogP contribution in [0.2, 0.25) is 0 Å². The van der Waals surface area contributed by atoms with Gasteiger partial charge in [-0.3, -0.25) is 10.2 Å². The van der Waals surface area contributed by atoms with E-state index in [1.54, 1.807) is 0 Å². The Morgan fingerprint density at radius 3 is 3.00 bits per heavy atom. The van der Waals surface area contributed by atoms with Crippen LogP contribution in [0, 0.1) is 5.41 Å². The fraction of sp³-hybridized carbons (Fsp3) is 0.333. The Hall–Kier alpha value is -1.49. The average Bonchev–Trinajstić information content (AvgIpc) is 2.61. The second kappa shape index (κ2) is 4.79. The van der Waals surface area contributed by atoms with Crippen LogP contribution >= 0.6 is 11.8 Å². The first-order valence-corrected chi connectivity index (χ1v) is 6.45. The predicted octanol–water partition coefficient (Wildman–Crippen LogP) is 1.59. The molecule has 0 saturated carbocycles. The number of hydrogen-bond acceptors (Lipinski definition) is 3. The molecule has 0 unspecified atom stereocenters. The minimum absolute atomic E-state index is 0.0153. The van der Waals surface area contributed by atoms with Crippen molar-refractivity contribution in [2.45, 2.75) is 19.4 Å². The summed E-state index contributed by atoms with van der Waals surface area (Å²) >= 11 is 1.07. The molecule has 1 amide bonds. The van der Waals surface area contributed by atoms with Crippen molar-refractivity contribution in [1.29, 1.82) is 5.41 Å². The van der Waals surface area contributed by atoms with Crippen LogP contribution in [0.25, 0.3) is 0 Å². The number of nitrogens with two attached hydrogens (primary N) is 1. The van der Waals surface area contributed by atoms with E-state index in [1.165, 1.54) is 5.56 Å². The molecule has 0 fully saturated rings. The minimum Gasteiger partial charge on any atom is -0.379 e. The van der Waals surface area contributed by atoms with Crippen LogP contribution in [0.4, 0.5) is 5.69 Å². The summed E-state index contributed by atoms with van der Waals surface area (Å²) in [5.41, 5.74) is 7.45. The molecule has 0 spiro atoms. The molecule has 4 nitrogen and oxygen atoms in total. The summed E-state index contributed by atoms with van der Waals surface area (Å²) < 4.78 is 0. The summed E-state index contributed by atoms with van der Waals surface area (Å²) in [6.07, 6.45) is 0.895. The van der Waals surface area contributed by atoms with Crippen molar-refractivity contribution in [3.63, 3.8) is 0 Å². The molecule has 0 radical (unpaired) electrons. The molecule has 1 aliphatic rings. The lowest BCUT2D eigenvalue weighted by molar-refractivity contribution is -0.116. The number of amides is 1. The summed E-state index contributed by atoms with van der Waals surface area (Å²) in [4.78, 5) is 13.9. The molecule has 90 valence electrons. The Morgan fingerprint density at radius 2 is 2.29 bits per heavy atom. The first kappa shape index (κ1) is 12.0. The van der Waals surface area contributed by atoms with Crippen LogP contribution < -0.4 is 10.6 Å². The quantitative estimate of drug-likeness (QED) is 0.617. The Morgan fingerprint density at radius 1 is 1.59 bits per heavy atom. The summed E-state index contributed by atoms with van der Waals surface area (Å²) in [5.74, 6) is 0.247. The first-order valence-electron chi connectivity index (χ1n) is 5.46. The fourth-order valence-corrected chi connectivity index (χ4v) is 2.57. The fourth-order valence-electron chi connectivity index (χ4n) is 2.15. The molecule has 1 aliphatic heterocycles. The molecule has 5 heteroatoms. The molecule has 17 heavy (non-hydrogen) atoms. The maximum atomic E-state index is 12.1. The zero-order valence-electron chi connectivity index (χ0n) is 9.64. The molecule has 0 bridgehead atoms. The molecular weight excluding hydrogens is 234 g/mol. The van der Waals surface area contributed by atoms with Crippen molar-refractivity contribution in [2.24, 2.45) is 5.73 Å². The van der Waals surface area contributed by atoms with Gasteiger partial charge in [0.1, 0.15) is 0 Å². The lowest BCUT2D eigenvalue weighted by Crippen LogP contribution is -2.37. The van der Waals surface area contributed by atoms with Gasteiger partial charge in [-0.15, -0.1) is 0 Å². The lowest BCUT2D eigenvalue weighted by Gasteiger charge is -2.22. The standard InChI is InChI=1S/C12H15N3OS/c1-8-6-9-4-2-3-5-10(9)15(8)11(16)7-17-12(13)14/h2-5,8H,6-7H2,1H3,(H3,13,14)/t8-/m0/s1. The van der Waals surface area contributed by atoms with Crippen LogP contribution in [0.3, 0.4) is 0 Å². The van der Waals surface area contributed by atoms with Crippen molar-refractivity contribution in [3.05, 3.63) is 29.8 Å². The number of amidine groups is 1. The van der Waals surface area contributed by atoms with E-state index in [2.05, 4.69) is 6.07 Å². The van der Waals surface area contributed by atoms with Crippen molar-refractivity contribution < 1.29 is 4.79 Å². The molecule has 1 aromatic rings. The van der Waals surface area contributed by atoms with Gasteiger partial charge >= 0.3 is 0 Å². The normalized spacial score (nSPS) is 17.9. The smallest absolute Gasteiger partial charge is 0.237 e. The van der Waals surface area contributed by atoms with Gasteiger partial charge < -0.3 is 10.6 Å². The summed E-state index contributed by atoms with van der Waals surface area (Å²) in [7, 11) is 0. The van der Waals surface area contributed by atoms with Gasteiger partial charge in [0.2, 0.25) is 5.91 Å². The number of thioether (sulfide) groups is 1. The van der Waals surface area contributed by atoms with E-state index in [1.807, 2.05) is 30.0 Å². The number of hydrogen-bond donors (Lipinski definition) is 2.